The van der Waals surface area contributed by atoms with Gasteiger partial charge in [0, 0.05) is 26.4 Å². The topological polar surface area (TPSA) is 62.2 Å². The van der Waals surface area contributed by atoms with Crippen LogP contribution in [0, 0.1) is 0 Å². The third-order valence-corrected chi connectivity index (χ3v) is 9.15. The predicted molar refractivity (Wildman–Crippen MR) is 145 cm³/mol. The molecular weight excluding hydrogens is 541 g/mol. The fourth-order valence-corrected chi connectivity index (χ4v) is 6.13. The smallest absolute Gasteiger partial charge is 0.376 e. The second kappa shape index (κ2) is 10.1. The molecule has 0 spiro atoms. The zero-order valence-electron chi connectivity index (χ0n) is 20.6. The van der Waals surface area contributed by atoms with Crippen molar-refractivity contribution in [3.63, 3.8) is 0 Å². The van der Waals surface area contributed by atoms with Crippen molar-refractivity contribution in [3.8, 4) is 11.3 Å². The quantitative estimate of drug-likeness (QED) is 0.254. The van der Waals surface area contributed by atoms with E-state index in [0.29, 0.717) is 16.3 Å². The average Bonchev–Trinajstić information content (AvgIpc) is 3.26. The summed E-state index contributed by atoms with van der Waals surface area (Å²) in [4.78, 5) is 5.14. The number of pyridine rings is 1. The standard InChI is InChI=1S/C27H26ClF3N2O2S2/c1-25(2,3)37(35)33-23(18-9-5-6-11-20(18)28)22-14-16-8-7-10-19(24(16)36-22)21-15-17(12-13-32-21)26(4,34)27(29,30)31/h5-15,23,33-34H,1-4H3/t23-,26?,37+/m1/s1. The minimum absolute atomic E-state index is 0.296. The van der Waals surface area contributed by atoms with Gasteiger partial charge in [-0.15, -0.1) is 11.3 Å². The van der Waals surface area contributed by atoms with E-state index in [-0.39, 0.29) is 5.56 Å². The second-order valence-electron chi connectivity index (χ2n) is 9.83. The van der Waals surface area contributed by atoms with Crippen molar-refractivity contribution in [1.82, 2.24) is 9.71 Å². The van der Waals surface area contributed by atoms with Gasteiger partial charge in [0.1, 0.15) is 0 Å². The van der Waals surface area contributed by atoms with Crippen LogP contribution in [0.5, 0.6) is 0 Å². The van der Waals surface area contributed by atoms with Crippen molar-refractivity contribution in [2.75, 3.05) is 0 Å². The Morgan fingerprint density at radius 3 is 2.38 bits per heavy atom. The minimum Gasteiger partial charge on any atom is -0.376 e. The molecule has 196 valence electrons. The fourth-order valence-electron chi connectivity index (χ4n) is 3.74. The lowest BCUT2D eigenvalue weighted by Gasteiger charge is -2.26. The number of hydrogen-bond donors (Lipinski definition) is 2. The summed E-state index contributed by atoms with van der Waals surface area (Å²) < 4.78 is 57.0. The molecule has 0 saturated carbocycles. The molecule has 4 aromatic rings. The molecule has 2 heterocycles. The molecule has 0 radical (unpaired) electrons. The van der Waals surface area contributed by atoms with Gasteiger partial charge >= 0.3 is 6.18 Å². The summed E-state index contributed by atoms with van der Waals surface area (Å²) in [6.07, 6.45) is -3.58. The number of rotatable bonds is 6. The highest BCUT2D eigenvalue weighted by Crippen LogP contribution is 2.42. The first kappa shape index (κ1) is 27.7. The van der Waals surface area contributed by atoms with E-state index in [4.69, 9.17) is 11.6 Å². The molecule has 2 aromatic heterocycles. The first-order chi connectivity index (χ1) is 17.2. The van der Waals surface area contributed by atoms with E-state index in [9.17, 15) is 22.5 Å². The highest BCUT2D eigenvalue weighted by Gasteiger charge is 2.51. The summed E-state index contributed by atoms with van der Waals surface area (Å²) >= 11 is 7.95. The number of hydrogen-bond acceptors (Lipinski definition) is 4. The first-order valence-electron chi connectivity index (χ1n) is 11.4. The molecule has 1 unspecified atom stereocenters. The SMILES string of the molecule is CC(C)(C)[S@](=O)N[C@@H](c1cc2cccc(-c3cc(C(C)(O)C(F)(F)F)ccn3)c2s1)c1ccccc1Cl. The number of halogens is 4. The van der Waals surface area contributed by atoms with E-state index in [0.717, 1.165) is 33.5 Å². The summed E-state index contributed by atoms with van der Waals surface area (Å²) in [6, 6.07) is 16.7. The molecule has 4 nitrogen and oxygen atoms in total. The van der Waals surface area contributed by atoms with Crippen molar-refractivity contribution < 1.29 is 22.5 Å². The van der Waals surface area contributed by atoms with Gasteiger partial charge in [-0.25, -0.2) is 8.93 Å². The number of nitrogens with one attached hydrogen (secondary N) is 1. The van der Waals surface area contributed by atoms with Crippen LogP contribution in [0.25, 0.3) is 21.3 Å². The summed E-state index contributed by atoms with van der Waals surface area (Å²) in [5.41, 5.74) is -1.62. The maximum Gasteiger partial charge on any atom is 0.421 e. The third-order valence-electron chi connectivity index (χ3n) is 5.99. The third kappa shape index (κ3) is 5.61. The van der Waals surface area contributed by atoms with Gasteiger partial charge in [-0.05, 0) is 68.5 Å². The van der Waals surface area contributed by atoms with Crippen LogP contribution >= 0.6 is 22.9 Å². The highest BCUT2D eigenvalue weighted by atomic mass is 35.5. The number of aromatic nitrogens is 1. The van der Waals surface area contributed by atoms with Crippen molar-refractivity contribution in [1.29, 1.82) is 0 Å². The zero-order valence-corrected chi connectivity index (χ0v) is 22.9. The van der Waals surface area contributed by atoms with Crippen LogP contribution in [0.1, 0.15) is 49.7 Å². The summed E-state index contributed by atoms with van der Waals surface area (Å²) in [7, 11) is -1.41. The lowest BCUT2D eigenvalue weighted by Crippen LogP contribution is -2.39. The van der Waals surface area contributed by atoms with E-state index in [1.165, 1.54) is 23.6 Å². The van der Waals surface area contributed by atoms with Gasteiger partial charge in [0.2, 0.25) is 0 Å². The zero-order chi connectivity index (χ0) is 27.2. The Labute approximate surface area is 225 Å². The number of benzene rings is 2. The average molecular weight is 567 g/mol. The maximum absolute atomic E-state index is 13.5. The van der Waals surface area contributed by atoms with Crippen molar-refractivity contribution >= 4 is 44.0 Å². The Morgan fingerprint density at radius 2 is 1.73 bits per heavy atom. The van der Waals surface area contributed by atoms with Crippen LogP contribution in [0.15, 0.2) is 66.9 Å². The fraction of sp³-hybridized carbons (Fsp3) is 0.296. The Hall–Kier alpha value is -2.30. The van der Waals surface area contributed by atoms with E-state index in [1.807, 2.05) is 51.1 Å². The number of alkyl halides is 3. The minimum atomic E-state index is -4.84. The summed E-state index contributed by atoms with van der Waals surface area (Å²) in [5.74, 6) is 0. The summed E-state index contributed by atoms with van der Waals surface area (Å²) in [6.45, 7) is 6.34. The Balaban J connectivity index is 1.84. The van der Waals surface area contributed by atoms with Gasteiger partial charge in [0.05, 0.1) is 27.5 Å². The van der Waals surface area contributed by atoms with Crippen molar-refractivity contribution in [2.24, 2.45) is 0 Å². The molecule has 2 aromatic carbocycles. The van der Waals surface area contributed by atoms with E-state index in [2.05, 4.69) is 9.71 Å². The van der Waals surface area contributed by atoms with Crippen LogP contribution in [0.3, 0.4) is 0 Å². The number of nitrogens with zero attached hydrogens (tertiary/aromatic N) is 1. The maximum atomic E-state index is 13.5. The van der Waals surface area contributed by atoms with Crippen LogP contribution in [0.2, 0.25) is 5.02 Å². The van der Waals surface area contributed by atoms with Gasteiger partial charge in [-0.3, -0.25) is 4.98 Å². The van der Waals surface area contributed by atoms with Crippen molar-refractivity contribution in [2.45, 2.75) is 50.3 Å². The molecule has 2 N–H and O–H groups in total. The number of thiophene rings is 1. The molecule has 0 saturated heterocycles. The first-order valence-corrected chi connectivity index (χ1v) is 13.8. The molecule has 0 bridgehead atoms. The Bertz CT molecular complexity index is 1460. The lowest BCUT2D eigenvalue weighted by molar-refractivity contribution is -0.258. The predicted octanol–water partition coefficient (Wildman–Crippen LogP) is 7.53. The summed E-state index contributed by atoms with van der Waals surface area (Å²) in [5, 5.41) is 11.6. The number of aliphatic hydroxyl groups is 1. The normalized spacial score (nSPS) is 15.9. The van der Waals surface area contributed by atoms with E-state index >= 15 is 0 Å². The lowest BCUT2D eigenvalue weighted by atomic mass is 9.94. The monoisotopic (exact) mass is 566 g/mol. The highest BCUT2D eigenvalue weighted by molar-refractivity contribution is 7.84. The Morgan fingerprint density at radius 1 is 1.03 bits per heavy atom. The molecule has 10 heteroatoms. The second-order valence-corrected chi connectivity index (χ2v) is 13.3. The molecule has 0 aliphatic carbocycles. The molecule has 3 atom stereocenters. The molecule has 0 aliphatic rings. The van der Waals surface area contributed by atoms with Crippen LogP contribution in [-0.2, 0) is 16.6 Å². The van der Waals surface area contributed by atoms with Gasteiger partial charge in [0.15, 0.2) is 5.60 Å². The van der Waals surface area contributed by atoms with Crippen LogP contribution in [0.4, 0.5) is 13.2 Å². The molecule has 37 heavy (non-hydrogen) atoms. The molecule has 0 amide bonds. The molecule has 4 rings (SSSR count). The van der Waals surface area contributed by atoms with Crippen molar-refractivity contribution in [3.05, 3.63) is 87.9 Å². The largest absolute Gasteiger partial charge is 0.421 e. The molecule has 0 fully saturated rings. The van der Waals surface area contributed by atoms with Crippen LogP contribution < -0.4 is 4.72 Å². The van der Waals surface area contributed by atoms with Gasteiger partial charge in [-0.1, -0.05) is 48.0 Å². The molecular formula is C27H26ClF3N2O2S2. The van der Waals surface area contributed by atoms with Gasteiger partial charge in [-0.2, -0.15) is 13.2 Å². The van der Waals surface area contributed by atoms with Crippen LogP contribution in [-0.4, -0.2) is 25.2 Å². The molecule has 0 aliphatic heterocycles. The number of fused-ring (bicyclic) bond motifs is 1. The van der Waals surface area contributed by atoms with Gasteiger partial charge < -0.3 is 5.11 Å². The van der Waals surface area contributed by atoms with E-state index < -0.39 is 33.6 Å². The van der Waals surface area contributed by atoms with Gasteiger partial charge in [0.25, 0.3) is 0 Å². The van der Waals surface area contributed by atoms with E-state index in [1.54, 1.807) is 18.2 Å². The Kier molecular flexibility index (Phi) is 7.58.